The second-order valence-corrected chi connectivity index (χ2v) is 14.0. The van der Waals surface area contributed by atoms with Crippen LogP contribution < -0.4 is 0 Å². The van der Waals surface area contributed by atoms with Gasteiger partial charge in [-0.15, -0.1) is 0 Å². The average molecular weight is 414 g/mol. The lowest BCUT2D eigenvalue weighted by Crippen LogP contribution is -2.45. The first kappa shape index (κ1) is 23.0. The van der Waals surface area contributed by atoms with Crippen LogP contribution in [0.5, 0.6) is 0 Å². The number of hydrogen-bond donors (Lipinski definition) is 0. The van der Waals surface area contributed by atoms with Gasteiger partial charge >= 0.3 is 0 Å². The number of hydrogen-bond acceptors (Lipinski definition) is 4. The van der Waals surface area contributed by atoms with Gasteiger partial charge in [0.15, 0.2) is 8.32 Å². The van der Waals surface area contributed by atoms with Crippen LogP contribution in [0.4, 0.5) is 8.78 Å². The topological polar surface area (TPSA) is 56.6 Å². The molecule has 0 aliphatic carbocycles. The van der Waals surface area contributed by atoms with Gasteiger partial charge in [-0.3, -0.25) is 9.69 Å². The van der Waals surface area contributed by atoms with E-state index in [0.717, 1.165) is 12.8 Å². The summed E-state index contributed by atoms with van der Waals surface area (Å²) in [7, 11) is -1.61. The standard InChI is InChI=1S/C20H33F2N3O2Si/c1-19(2,25-10-8-20(21,22)15-25)11-17(12-23)18(26)24-9-6-7-16(13-24)14-27-28(3,4)5/h11,16H,6-10,13-15H2,1-5H3/b17-11-/t16-/m0/s1. The van der Waals surface area contributed by atoms with E-state index in [0.29, 0.717) is 19.7 Å². The Morgan fingerprint density at radius 2 is 2.04 bits per heavy atom. The van der Waals surface area contributed by atoms with Gasteiger partial charge in [-0.1, -0.05) is 0 Å². The van der Waals surface area contributed by atoms with Crippen molar-refractivity contribution in [2.45, 2.75) is 64.2 Å². The quantitative estimate of drug-likeness (QED) is 0.379. The Labute approximate surface area is 168 Å². The first-order valence-electron chi connectivity index (χ1n) is 10.0. The summed E-state index contributed by atoms with van der Waals surface area (Å²) in [5.74, 6) is -2.74. The van der Waals surface area contributed by atoms with E-state index in [-0.39, 0.29) is 36.9 Å². The van der Waals surface area contributed by atoms with Crippen LogP contribution in [-0.2, 0) is 9.22 Å². The van der Waals surface area contributed by atoms with Crippen LogP contribution in [0.2, 0.25) is 19.6 Å². The van der Waals surface area contributed by atoms with Crippen LogP contribution in [0.25, 0.3) is 0 Å². The molecule has 0 bridgehead atoms. The van der Waals surface area contributed by atoms with E-state index in [1.807, 2.05) is 6.07 Å². The molecule has 0 aromatic carbocycles. The third-order valence-electron chi connectivity index (χ3n) is 5.39. The normalized spacial score (nSPS) is 24.3. The number of rotatable bonds is 6. The summed E-state index contributed by atoms with van der Waals surface area (Å²) in [5, 5.41) is 9.56. The van der Waals surface area contributed by atoms with Crippen LogP contribution in [0, 0.1) is 17.2 Å². The number of nitrogens with zero attached hydrogens (tertiary/aromatic N) is 3. The summed E-state index contributed by atoms with van der Waals surface area (Å²) < 4.78 is 33.2. The Kier molecular flexibility index (Phi) is 7.06. The van der Waals surface area contributed by atoms with Gasteiger partial charge in [0.1, 0.15) is 11.6 Å². The van der Waals surface area contributed by atoms with Gasteiger partial charge in [0.2, 0.25) is 0 Å². The van der Waals surface area contributed by atoms with Crippen molar-refractivity contribution in [2.75, 3.05) is 32.8 Å². The third kappa shape index (κ3) is 6.36. The molecule has 2 aliphatic rings. The fourth-order valence-electron chi connectivity index (χ4n) is 3.74. The van der Waals surface area contributed by atoms with Gasteiger partial charge < -0.3 is 9.33 Å². The van der Waals surface area contributed by atoms with E-state index in [4.69, 9.17) is 4.43 Å². The molecule has 0 aromatic rings. The summed E-state index contributed by atoms with van der Waals surface area (Å²) in [6.07, 6.45) is 3.25. The van der Waals surface area contributed by atoms with Gasteiger partial charge in [0.05, 0.1) is 6.54 Å². The number of carbonyl (C=O) groups excluding carboxylic acids is 1. The number of nitriles is 1. The van der Waals surface area contributed by atoms with Crippen LogP contribution in [0.15, 0.2) is 11.6 Å². The first-order valence-corrected chi connectivity index (χ1v) is 13.4. The van der Waals surface area contributed by atoms with E-state index in [1.54, 1.807) is 29.7 Å². The highest BCUT2D eigenvalue weighted by Crippen LogP contribution is 2.33. The molecule has 0 unspecified atom stereocenters. The molecule has 2 saturated heterocycles. The molecule has 0 saturated carbocycles. The Bertz CT molecular complexity index is 653. The van der Waals surface area contributed by atoms with Crippen molar-refractivity contribution in [3.05, 3.63) is 11.6 Å². The van der Waals surface area contributed by atoms with Crippen molar-refractivity contribution < 1.29 is 18.0 Å². The van der Waals surface area contributed by atoms with Crippen molar-refractivity contribution in [1.82, 2.24) is 9.80 Å². The van der Waals surface area contributed by atoms with Gasteiger partial charge in [0, 0.05) is 38.2 Å². The summed E-state index contributed by atoms with van der Waals surface area (Å²) in [6.45, 7) is 11.7. The highest BCUT2D eigenvalue weighted by atomic mass is 28.4. The third-order valence-corrected chi connectivity index (χ3v) is 6.42. The molecule has 2 rings (SSSR count). The van der Waals surface area contributed by atoms with Crippen molar-refractivity contribution in [3.8, 4) is 6.07 Å². The lowest BCUT2D eigenvalue weighted by atomic mass is 9.96. The van der Waals surface area contributed by atoms with Crippen molar-refractivity contribution in [1.29, 1.82) is 5.26 Å². The smallest absolute Gasteiger partial charge is 0.264 e. The Morgan fingerprint density at radius 3 is 2.57 bits per heavy atom. The minimum Gasteiger partial charge on any atom is -0.417 e. The molecule has 0 aromatic heterocycles. The van der Waals surface area contributed by atoms with Gasteiger partial charge in [-0.25, -0.2) is 8.78 Å². The zero-order valence-electron chi connectivity index (χ0n) is 17.7. The molecular weight excluding hydrogens is 380 g/mol. The average Bonchev–Trinajstić information content (AvgIpc) is 2.98. The molecule has 158 valence electrons. The maximum atomic E-state index is 13.6. The molecule has 2 aliphatic heterocycles. The molecule has 8 heteroatoms. The number of halogens is 2. The second kappa shape index (κ2) is 8.60. The molecule has 5 nitrogen and oxygen atoms in total. The molecule has 0 radical (unpaired) electrons. The monoisotopic (exact) mass is 413 g/mol. The summed E-state index contributed by atoms with van der Waals surface area (Å²) in [5.41, 5.74) is -0.747. The number of alkyl halides is 2. The minimum absolute atomic E-state index is 0.0342. The minimum atomic E-state index is -2.71. The van der Waals surface area contributed by atoms with E-state index in [2.05, 4.69) is 19.6 Å². The van der Waals surface area contributed by atoms with E-state index >= 15 is 0 Å². The summed E-state index contributed by atoms with van der Waals surface area (Å²) in [4.78, 5) is 16.3. The second-order valence-electron chi connectivity index (χ2n) is 9.53. The fraction of sp³-hybridized carbons (Fsp3) is 0.800. The molecule has 2 fully saturated rings. The highest BCUT2D eigenvalue weighted by molar-refractivity contribution is 6.69. The predicted molar refractivity (Wildman–Crippen MR) is 108 cm³/mol. The van der Waals surface area contributed by atoms with Crippen molar-refractivity contribution in [2.24, 2.45) is 5.92 Å². The van der Waals surface area contributed by atoms with Gasteiger partial charge in [-0.05, 0) is 58.3 Å². The molecule has 28 heavy (non-hydrogen) atoms. The largest absolute Gasteiger partial charge is 0.417 e. The number of likely N-dealkylation sites (tertiary alicyclic amines) is 2. The highest BCUT2D eigenvalue weighted by Gasteiger charge is 2.43. The van der Waals surface area contributed by atoms with E-state index in [1.165, 1.54) is 0 Å². The Balaban J connectivity index is 2.05. The van der Waals surface area contributed by atoms with Crippen molar-refractivity contribution in [3.63, 3.8) is 0 Å². The number of carbonyl (C=O) groups is 1. The van der Waals surface area contributed by atoms with Gasteiger partial charge in [0.25, 0.3) is 11.8 Å². The van der Waals surface area contributed by atoms with Crippen LogP contribution in [0.1, 0.15) is 33.1 Å². The zero-order chi connectivity index (χ0) is 21.2. The molecule has 2 heterocycles. The van der Waals surface area contributed by atoms with Crippen molar-refractivity contribution >= 4 is 14.2 Å². The lowest BCUT2D eigenvalue weighted by molar-refractivity contribution is -0.128. The fourth-order valence-corrected chi connectivity index (χ4v) is 4.47. The van der Waals surface area contributed by atoms with Crippen LogP contribution >= 0.6 is 0 Å². The van der Waals surface area contributed by atoms with Crippen LogP contribution in [-0.4, -0.2) is 68.3 Å². The molecule has 1 amide bonds. The number of amides is 1. The zero-order valence-corrected chi connectivity index (χ0v) is 18.7. The molecule has 0 spiro atoms. The van der Waals surface area contributed by atoms with E-state index in [9.17, 15) is 18.8 Å². The Hall–Kier alpha value is -1.30. The molecule has 1 atom stereocenters. The lowest BCUT2D eigenvalue weighted by Gasteiger charge is -2.35. The SMILES string of the molecule is CC(C)(/C=C(/C#N)C(=O)N1CCC[C@H](CO[Si](C)(C)C)C1)N1CCC(F)(F)C1. The summed E-state index contributed by atoms with van der Waals surface area (Å²) >= 11 is 0. The van der Waals surface area contributed by atoms with Crippen LogP contribution in [0.3, 0.4) is 0 Å². The van der Waals surface area contributed by atoms with Gasteiger partial charge in [-0.2, -0.15) is 5.26 Å². The maximum Gasteiger partial charge on any atom is 0.264 e. The summed E-state index contributed by atoms with van der Waals surface area (Å²) in [6, 6.07) is 2.00. The predicted octanol–water partition coefficient (Wildman–Crippen LogP) is 3.65. The molecule has 0 N–H and O–H groups in total. The first-order chi connectivity index (χ1) is 12.8. The molecular formula is C20H33F2N3O2Si. The Morgan fingerprint density at radius 1 is 1.36 bits per heavy atom. The van der Waals surface area contributed by atoms with E-state index < -0.39 is 19.8 Å². The number of piperidine rings is 1. The maximum absolute atomic E-state index is 13.6.